The van der Waals surface area contributed by atoms with E-state index in [4.69, 9.17) is 13.9 Å². The van der Waals surface area contributed by atoms with Gasteiger partial charge in [0, 0.05) is 29.6 Å². The van der Waals surface area contributed by atoms with Crippen LogP contribution in [0.2, 0.25) is 0 Å². The van der Waals surface area contributed by atoms with Crippen LogP contribution in [0.25, 0.3) is 10.9 Å². The van der Waals surface area contributed by atoms with Gasteiger partial charge in [-0.2, -0.15) is 0 Å². The summed E-state index contributed by atoms with van der Waals surface area (Å²) in [6.07, 6.45) is 7.04. The molecule has 1 aliphatic carbocycles. The van der Waals surface area contributed by atoms with Gasteiger partial charge in [-0.3, -0.25) is 9.69 Å². The molecule has 10 nitrogen and oxygen atoms in total. The quantitative estimate of drug-likeness (QED) is 0.409. The van der Waals surface area contributed by atoms with Gasteiger partial charge in [0.15, 0.2) is 17.3 Å². The number of nitrogens with one attached hydrogen (secondary N) is 1. The number of hydrogen-bond acceptors (Lipinski definition) is 8. The summed E-state index contributed by atoms with van der Waals surface area (Å²) in [5, 5.41) is 13.6. The number of pyridine rings is 1. The van der Waals surface area contributed by atoms with Crippen LogP contribution in [-0.4, -0.2) is 42.9 Å². The van der Waals surface area contributed by atoms with Crippen molar-refractivity contribution in [2.45, 2.75) is 64.2 Å². The van der Waals surface area contributed by atoms with Gasteiger partial charge < -0.3 is 18.9 Å². The largest absolute Gasteiger partial charge is 0.467 e. The Labute approximate surface area is 201 Å². The third-order valence-electron chi connectivity index (χ3n) is 7.09. The lowest BCUT2D eigenvalue weighted by Crippen LogP contribution is -2.39. The van der Waals surface area contributed by atoms with Gasteiger partial charge >= 0.3 is 0 Å². The molecule has 35 heavy (non-hydrogen) atoms. The molecule has 0 spiro atoms. The van der Waals surface area contributed by atoms with E-state index in [1.54, 1.807) is 10.9 Å². The minimum atomic E-state index is -0.0932. The second-order valence-corrected chi connectivity index (χ2v) is 9.23. The van der Waals surface area contributed by atoms with Gasteiger partial charge in [0.2, 0.25) is 6.79 Å². The van der Waals surface area contributed by atoms with Crippen molar-refractivity contribution in [3.8, 4) is 11.5 Å². The Morgan fingerprint density at radius 1 is 1.20 bits per heavy atom. The van der Waals surface area contributed by atoms with Crippen LogP contribution in [0.15, 0.2) is 45.8 Å². The molecule has 0 bridgehead atoms. The van der Waals surface area contributed by atoms with E-state index in [1.165, 1.54) is 12.8 Å². The molecule has 1 aliphatic heterocycles. The van der Waals surface area contributed by atoms with Crippen LogP contribution in [0, 0.1) is 0 Å². The van der Waals surface area contributed by atoms with Gasteiger partial charge in [0.25, 0.3) is 5.56 Å². The van der Waals surface area contributed by atoms with Crippen LogP contribution in [0.5, 0.6) is 11.5 Å². The van der Waals surface area contributed by atoms with E-state index in [1.807, 2.05) is 30.3 Å². The summed E-state index contributed by atoms with van der Waals surface area (Å²) in [7, 11) is 0. The smallest absolute Gasteiger partial charge is 0.252 e. The van der Waals surface area contributed by atoms with Crippen LogP contribution >= 0.6 is 0 Å². The molecule has 6 rings (SSSR count). The minimum absolute atomic E-state index is 0.0325. The molecule has 0 amide bonds. The average Bonchev–Trinajstić information content (AvgIpc) is 3.66. The van der Waals surface area contributed by atoms with Gasteiger partial charge in [-0.15, -0.1) is 5.10 Å². The first kappa shape index (κ1) is 21.8. The molecular weight excluding hydrogens is 448 g/mol. The first-order valence-electron chi connectivity index (χ1n) is 12.2. The Morgan fingerprint density at radius 3 is 2.80 bits per heavy atom. The number of aromatic amines is 1. The summed E-state index contributed by atoms with van der Waals surface area (Å²) in [5.41, 5.74) is 1.36. The van der Waals surface area contributed by atoms with Crippen molar-refractivity contribution in [2.75, 3.05) is 6.79 Å². The lowest BCUT2D eigenvalue weighted by molar-refractivity contribution is 0.112. The molecule has 1 N–H and O–H groups in total. The molecule has 0 radical (unpaired) electrons. The molecule has 1 fully saturated rings. The topological polar surface area (TPSA) is 111 Å². The van der Waals surface area contributed by atoms with Crippen molar-refractivity contribution in [2.24, 2.45) is 0 Å². The predicted octanol–water partition coefficient (Wildman–Crippen LogP) is 3.78. The van der Waals surface area contributed by atoms with Crippen molar-refractivity contribution >= 4 is 10.9 Å². The molecule has 1 atom stereocenters. The summed E-state index contributed by atoms with van der Waals surface area (Å²) < 4.78 is 18.3. The Bertz CT molecular complexity index is 1370. The van der Waals surface area contributed by atoms with E-state index in [2.05, 4.69) is 32.3 Å². The van der Waals surface area contributed by atoms with Gasteiger partial charge in [0.05, 0.1) is 17.8 Å². The number of ether oxygens (including phenoxy) is 2. The highest BCUT2D eigenvalue weighted by Crippen LogP contribution is 2.36. The van der Waals surface area contributed by atoms with Crippen molar-refractivity contribution in [1.82, 2.24) is 30.1 Å². The number of tetrazole rings is 1. The van der Waals surface area contributed by atoms with Crippen LogP contribution < -0.4 is 15.0 Å². The first-order chi connectivity index (χ1) is 17.2. The van der Waals surface area contributed by atoms with Gasteiger partial charge in [-0.25, -0.2) is 4.68 Å². The highest BCUT2D eigenvalue weighted by Gasteiger charge is 2.33. The first-order valence-corrected chi connectivity index (χ1v) is 12.2. The standard InChI is InChI=1S/C25H28N6O4/c1-2-21(24-27-28-29-31(24)14-19-8-5-9-33-19)30(18-6-3-4-7-18)13-17-10-16-11-22-23(35-15-34-22)12-20(16)26-25(17)32/h5,8-12,18,21H,2-4,6-7,13-15H2,1H3,(H,26,32)/t21-/m0/s1. The Kier molecular flexibility index (Phi) is 5.73. The van der Waals surface area contributed by atoms with E-state index in [0.717, 1.165) is 41.8 Å². The summed E-state index contributed by atoms with van der Waals surface area (Å²) in [6, 6.07) is 9.83. The third-order valence-corrected chi connectivity index (χ3v) is 7.09. The van der Waals surface area contributed by atoms with Crippen molar-refractivity contribution in [3.63, 3.8) is 0 Å². The van der Waals surface area contributed by atoms with Gasteiger partial charge in [0.1, 0.15) is 12.3 Å². The Hall–Kier alpha value is -3.66. The molecule has 4 aromatic rings. The van der Waals surface area contributed by atoms with Crippen LogP contribution in [0.3, 0.4) is 0 Å². The Balaban J connectivity index is 1.35. The Morgan fingerprint density at radius 2 is 2.03 bits per heavy atom. The highest BCUT2D eigenvalue weighted by molar-refractivity contribution is 5.83. The van der Waals surface area contributed by atoms with Crippen LogP contribution in [-0.2, 0) is 13.1 Å². The van der Waals surface area contributed by atoms with E-state index >= 15 is 0 Å². The maximum absolute atomic E-state index is 13.1. The molecule has 1 aromatic carbocycles. The fraction of sp³-hybridized carbons (Fsp3) is 0.440. The summed E-state index contributed by atoms with van der Waals surface area (Å²) in [5.74, 6) is 2.94. The molecule has 182 valence electrons. The summed E-state index contributed by atoms with van der Waals surface area (Å²) in [6.45, 7) is 3.32. The summed E-state index contributed by atoms with van der Waals surface area (Å²) >= 11 is 0. The van der Waals surface area contributed by atoms with Crippen LogP contribution in [0.1, 0.15) is 62.2 Å². The molecule has 0 unspecified atom stereocenters. The van der Waals surface area contributed by atoms with E-state index in [-0.39, 0.29) is 18.4 Å². The maximum Gasteiger partial charge on any atom is 0.252 e. The molecule has 0 saturated heterocycles. The molecule has 2 aliphatic rings. The monoisotopic (exact) mass is 476 g/mol. The number of fused-ring (bicyclic) bond motifs is 2. The minimum Gasteiger partial charge on any atom is -0.467 e. The van der Waals surface area contributed by atoms with Crippen molar-refractivity contribution < 1.29 is 13.9 Å². The lowest BCUT2D eigenvalue weighted by atomic mass is 10.0. The van der Waals surface area contributed by atoms with E-state index in [0.29, 0.717) is 36.2 Å². The number of rotatable bonds is 8. The maximum atomic E-state index is 13.1. The van der Waals surface area contributed by atoms with Crippen molar-refractivity contribution in [1.29, 1.82) is 0 Å². The molecule has 1 saturated carbocycles. The molecule has 4 heterocycles. The zero-order valence-electron chi connectivity index (χ0n) is 19.6. The fourth-order valence-corrected chi connectivity index (χ4v) is 5.36. The average molecular weight is 477 g/mol. The van der Waals surface area contributed by atoms with Crippen LogP contribution in [0.4, 0.5) is 0 Å². The normalized spacial score (nSPS) is 16.5. The second kappa shape index (κ2) is 9.18. The third kappa shape index (κ3) is 4.18. The van der Waals surface area contributed by atoms with Gasteiger partial charge in [-0.05, 0) is 54.0 Å². The number of furan rings is 1. The number of H-pyrrole nitrogens is 1. The SMILES string of the molecule is CC[C@@H](c1nnnn1Cc1ccco1)N(Cc1cc2cc3c(cc2[nH]c1=O)OCO3)C1CCCC1. The molecular formula is C25H28N6O4. The van der Waals surface area contributed by atoms with Gasteiger partial charge in [-0.1, -0.05) is 19.8 Å². The fourth-order valence-electron chi connectivity index (χ4n) is 5.36. The van der Waals surface area contributed by atoms with Crippen molar-refractivity contribution in [3.05, 3.63) is 64.1 Å². The predicted molar refractivity (Wildman–Crippen MR) is 127 cm³/mol. The number of benzene rings is 1. The number of nitrogens with zero attached hydrogens (tertiary/aromatic N) is 5. The lowest BCUT2D eigenvalue weighted by Gasteiger charge is -2.35. The number of hydrogen-bond donors (Lipinski definition) is 1. The summed E-state index contributed by atoms with van der Waals surface area (Å²) in [4.78, 5) is 18.6. The zero-order chi connectivity index (χ0) is 23.8. The highest BCUT2D eigenvalue weighted by atomic mass is 16.7. The molecule has 10 heteroatoms. The molecule has 3 aromatic heterocycles. The zero-order valence-corrected chi connectivity index (χ0v) is 19.6. The van der Waals surface area contributed by atoms with E-state index in [9.17, 15) is 4.79 Å². The number of aromatic nitrogens is 5. The second-order valence-electron chi connectivity index (χ2n) is 9.23. The van der Waals surface area contributed by atoms with E-state index < -0.39 is 0 Å².